The van der Waals surface area contributed by atoms with Crippen LogP contribution >= 0.6 is 0 Å². The first-order valence-corrected chi connectivity index (χ1v) is 17.9. The van der Waals surface area contributed by atoms with Gasteiger partial charge in [-0.15, -0.1) is 0 Å². The number of carbonyl (C=O) groups is 1. The number of amides is 1. The molecule has 0 unspecified atom stereocenters. The number of nitrogens with zero attached hydrogens (tertiary/aromatic N) is 3. The second-order valence-corrected chi connectivity index (χ2v) is 14.4. The molecule has 0 atom stereocenters. The summed E-state index contributed by atoms with van der Waals surface area (Å²) in [6.45, 7) is 4.05. The summed E-state index contributed by atoms with van der Waals surface area (Å²) < 4.78 is 49.5. The minimum atomic E-state index is -3.68. The van der Waals surface area contributed by atoms with Gasteiger partial charge in [0, 0.05) is 66.4 Å². The Morgan fingerprint density at radius 3 is 2.35 bits per heavy atom. The lowest BCUT2D eigenvalue weighted by atomic mass is 9.96. The van der Waals surface area contributed by atoms with Crippen molar-refractivity contribution in [2.45, 2.75) is 19.4 Å². The summed E-state index contributed by atoms with van der Waals surface area (Å²) in [6, 6.07) is 27.8. The molecule has 2 aromatic heterocycles. The zero-order valence-electron chi connectivity index (χ0n) is 27.2. The van der Waals surface area contributed by atoms with Gasteiger partial charge in [0.05, 0.1) is 17.5 Å². The van der Waals surface area contributed by atoms with Gasteiger partial charge in [0.15, 0.2) is 0 Å². The molecule has 10 heteroatoms. The van der Waals surface area contributed by atoms with Gasteiger partial charge in [-0.1, -0.05) is 36.4 Å². The van der Waals surface area contributed by atoms with Gasteiger partial charge in [-0.05, 0) is 85.6 Å². The molecule has 0 bridgehead atoms. The number of para-hydroxylation sites is 1. The number of sulfonamides is 1. The Kier molecular flexibility index (Phi) is 8.30. The molecule has 3 heterocycles. The number of carbonyl (C=O) groups excluding carboxylic acids is 1. The van der Waals surface area contributed by atoms with Gasteiger partial charge in [0.1, 0.15) is 17.2 Å². The second-order valence-electron chi connectivity index (χ2n) is 12.4. The topological polar surface area (TPSA) is 87.8 Å². The number of likely N-dealkylation sites (tertiary alicyclic amines) is 1. The smallest absolute Gasteiger partial charge is 0.255 e. The van der Waals surface area contributed by atoms with Gasteiger partial charge >= 0.3 is 0 Å². The minimum Gasteiger partial charge on any atom is -0.455 e. The van der Waals surface area contributed by atoms with E-state index in [-0.39, 0.29) is 17.2 Å². The van der Waals surface area contributed by atoms with Crippen molar-refractivity contribution in [3.05, 3.63) is 102 Å². The van der Waals surface area contributed by atoms with Crippen LogP contribution < -0.4 is 9.62 Å². The maximum Gasteiger partial charge on any atom is 0.255 e. The number of anilines is 1. The number of hydrogen-bond donors (Lipinski definition) is 1. The summed E-state index contributed by atoms with van der Waals surface area (Å²) in [6.07, 6.45) is 3.62. The highest BCUT2D eigenvalue weighted by molar-refractivity contribution is 7.92. The minimum absolute atomic E-state index is 0.269. The number of fused-ring (bicyclic) bond motifs is 2. The molecular weight excluding hydrogens is 628 g/mol. The predicted octanol–water partition coefficient (Wildman–Crippen LogP) is 7.38. The summed E-state index contributed by atoms with van der Waals surface area (Å²) in [5.74, 6) is -0.518. The maximum absolute atomic E-state index is 13.8. The number of rotatable bonds is 9. The molecule has 1 aliphatic rings. The van der Waals surface area contributed by atoms with E-state index in [1.54, 1.807) is 18.2 Å². The van der Waals surface area contributed by atoms with Crippen LogP contribution in [0.15, 0.2) is 95.4 Å². The third-order valence-electron chi connectivity index (χ3n) is 9.32. The van der Waals surface area contributed by atoms with Crippen molar-refractivity contribution < 1.29 is 22.0 Å². The number of nitrogens with one attached hydrogen (secondary N) is 1. The number of furan rings is 1. The molecule has 7 rings (SSSR count). The number of aromatic nitrogens is 1. The van der Waals surface area contributed by atoms with Crippen LogP contribution in [0.2, 0.25) is 0 Å². The van der Waals surface area contributed by atoms with Crippen LogP contribution in [0.5, 0.6) is 0 Å². The lowest BCUT2D eigenvalue weighted by Gasteiger charge is -2.21. The van der Waals surface area contributed by atoms with Crippen molar-refractivity contribution in [2.24, 2.45) is 0 Å². The van der Waals surface area contributed by atoms with Crippen molar-refractivity contribution in [2.75, 3.05) is 44.3 Å². The fourth-order valence-electron chi connectivity index (χ4n) is 6.74. The molecule has 0 saturated carbocycles. The fraction of sp³-hybridized carbons (Fsp3) is 0.237. The Morgan fingerprint density at radius 1 is 0.896 bits per heavy atom. The van der Waals surface area contributed by atoms with Gasteiger partial charge in [-0.3, -0.25) is 9.10 Å². The third kappa shape index (κ3) is 5.86. The van der Waals surface area contributed by atoms with Gasteiger partial charge in [0.25, 0.3) is 5.91 Å². The largest absolute Gasteiger partial charge is 0.455 e. The summed E-state index contributed by atoms with van der Waals surface area (Å²) in [5, 5.41) is 4.36. The summed E-state index contributed by atoms with van der Waals surface area (Å²) >= 11 is 0. The first kappa shape index (κ1) is 31.7. The molecule has 6 aromatic rings. The molecule has 1 saturated heterocycles. The average Bonchev–Trinajstić information content (AvgIpc) is 3.83. The van der Waals surface area contributed by atoms with Crippen LogP contribution in [0.4, 0.5) is 10.1 Å². The zero-order chi connectivity index (χ0) is 33.6. The monoisotopic (exact) mass is 664 g/mol. The van der Waals surface area contributed by atoms with Crippen molar-refractivity contribution in [3.63, 3.8) is 0 Å². The van der Waals surface area contributed by atoms with E-state index in [9.17, 15) is 17.6 Å². The second kappa shape index (κ2) is 12.6. The van der Waals surface area contributed by atoms with Crippen LogP contribution in [0.25, 0.3) is 55.6 Å². The van der Waals surface area contributed by atoms with Crippen LogP contribution in [0.3, 0.4) is 0 Å². The van der Waals surface area contributed by atoms with Gasteiger partial charge in [-0.2, -0.15) is 0 Å². The predicted molar refractivity (Wildman–Crippen MR) is 190 cm³/mol. The van der Waals surface area contributed by atoms with E-state index in [4.69, 9.17) is 4.42 Å². The Bertz CT molecular complexity index is 2270. The van der Waals surface area contributed by atoms with Crippen molar-refractivity contribution in [1.82, 2.24) is 14.8 Å². The summed E-state index contributed by atoms with van der Waals surface area (Å²) in [4.78, 5) is 15.8. The molecule has 1 N–H and O–H groups in total. The number of halogens is 1. The molecule has 0 spiro atoms. The SMILES string of the molecule is CNC(=O)c1c(-c2ccc(F)cc2)oc2cc(N(C)S(C)(=O)=O)c(-c3cccc(-c4cc5ccccc5n4CCN4CCCC4)c3)cc12. The maximum atomic E-state index is 13.8. The highest BCUT2D eigenvalue weighted by Gasteiger charge is 2.26. The fourth-order valence-corrected chi connectivity index (χ4v) is 7.25. The quantitative estimate of drug-likeness (QED) is 0.174. The third-order valence-corrected chi connectivity index (χ3v) is 10.5. The molecule has 0 radical (unpaired) electrons. The van der Waals surface area contributed by atoms with Crippen LogP contribution in [0, 0.1) is 5.82 Å². The normalized spacial score (nSPS) is 13.8. The molecule has 1 amide bonds. The average molecular weight is 665 g/mol. The van der Waals surface area contributed by atoms with E-state index in [0.717, 1.165) is 60.2 Å². The molecule has 0 aliphatic carbocycles. The number of hydrogen-bond acceptors (Lipinski definition) is 5. The lowest BCUT2D eigenvalue weighted by Crippen LogP contribution is -2.25. The van der Waals surface area contributed by atoms with E-state index in [0.29, 0.717) is 27.8 Å². The zero-order valence-corrected chi connectivity index (χ0v) is 28.0. The Labute approximate surface area is 279 Å². The Morgan fingerprint density at radius 2 is 1.62 bits per heavy atom. The van der Waals surface area contributed by atoms with E-state index in [2.05, 4.69) is 51.2 Å². The Hall–Kier alpha value is -4.93. The van der Waals surface area contributed by atoms with Crippen LogP contribution in [-0.4, -0.2) is 63.8 Å². The summed E-state index contributed by atoms with van der Waals surface area (Å²) in [5.41, 5.74) is 6.17. The van der Waals surface area contributed by atoms with Gasteiger partial charge in [0.2, 0.25) is 10.0 Å². The van der Waals surface area contributed by atoms with E-state index >= 15 is 0 Å². The van der Waals surface area contributed by atoms with E-state index in [1.165, 1.54) is 43.4 Å². The summed E-state index contributed by atoms with van der Waals surface area (Å²) in [7, 11) is -0.636. The van der Waals surface area contributed by atoms with Crippen LogP contribution in [-0.2, 0) is 16.6 Å². The standard InChI is InChI=1S/C38H37FN4O4S/c1-40-38(44)36-31-23-30(34(41(2)48(3,45)46)24-35(31)47-37(36)25-13-15-29(39)16-14-25)26-10-8-11-27(21-26)33-22-28-9-4-5-12-32(28)43(33)20-19-42-17-6-7-18-42/h4-5,8-16,21-24H,6-7,17-20H2,1-3H3,(H,40,44). The van der Waals surface area contributed by atoms with Crippen molar-refractivity contribution in [1.29, 1.82) is 0 Å². The Balaban J connectivity index is 1.41. The molecule has 1 fully saturated rings. The number of benzene rings is 4. The first-order chi connectivity index (χ1) is 23.1. The first-order valence-electron chi connectivity index (χ1n) is 16.1. The highest BCUT2D eigenvalue weighted by Crippen LogP contribution is 2.42. The molecular formula is C38H37FN4O4S. The molecule has 4 aromatic carbocycles. The van der Waals surface area contributed by atoms with E-state index < -0.39 is 15.8 Å². The van der Waals surface area contributed by atoms with Crippen LogP contribution in [0.1, 0.15) is 23.2 Å². The lowest BCUT2D eigenvalue weighted by molar-refractivity contribution is 0.0964. The molecule has 1 aliphatic heterocycles. The molecule has 48 heavy (non-hydrogen) atoms. The van der Waals surface area contributed by atoms with E-state index in [1.807, 2.05) is 24.3 Å². The highest BCUT2D eigenvalue weighted by atomic mass is 32.2. The van der Waals surface area contributed by atoms with Gasteiger partial charge < -0.3 is 19.2 Å². The van der Waals surface area contributed by atoms with Crippen molar-refractivity contribution >= 4 is 43.5 Å². The van der Waals surface area contributed by atoms with Crippen molar-refractivity contribution in [3.8, 4) is 33.7 Å². The molecule has 8 nitrogen and oxygen atoms in total. The van der Waals surface area contributed by atoms with Gasteiger partial charge in [-0.25, -0.2) is 12.8 Å². The molecule has 246 valence electrons.